The minimum absolute atomic E-state index is 0.0753. The average Bonchev–Trinajstić information content (AvgIpc) is 2.16. The molecule has 0 bridgehead atoms. The van der Waals surface area contributed by atoms with Gasteiger partial charge in [0.05, 0.1) is 4.92 Å². The van der Waals surface area contributed by atoms with Gasteiger partial charge in [0, 0.05) is 17.6 Å². The second-order valence-corrected chi connectivity index (χ2v) is 3.06. The number of pyridine rings is 1. The van der Waals surface area contributed by atoms with E-state index in [9.17, 15) is 10.1 Å². The van der Waals surface area contributed by atoms with Gasteiger partial charge in [0.25, 0.3) is 0 Å². The van der Waals surface area contributed by atoms with Gasteiger partial charge >= 0.3 is 5.69 Å². The monoisotopic (exact) mass is 232 g/mol. The van der Waals surface area contributed by atoms with Crippen molar-refractivity contribution in [3.05, 3.63) is 39.2 Å². The molecule has 1 aromatic heterocycles. The lowest BCUT2D eigenvalue weighted by Crippen LogP contribution is -1.92. The summed E-state index contributed by atoms with van der Waals surface area (Å²) in [6.45, 7) is 0. The first kappa shape index (κ1) is 10.9. The summed E-state index contributed by atoms with van der Waals surface area (Å²) in [4.78, 5) is 13.6. The fourth-order valence-electron chi connectivity index (χ4n) is 0.864. The highest BCUT2D eigenvalue weighted by Gasteiger charge is 2.14. The summed E-state index contributed by atoms with van der Waals surface area (Å²) in [6.07, 6.45) is 5.78. The lowest BCUT2D eigenvalue weighted by molar-refractivity contribution is -0.385. The molecule has 0 amide bonds. The van der Waals surface area contributed by atoms with E-state index in [1.807, 2.05) is 0 Å². The summed E-state index contributed by atoms with van der Waals surface area (Å²) < 4.78 is 0. The van der Waals surface area contributed by atoms with Crippen LogP contribution in [0.2, 0.25) is 5.02 Å². The van der Waals surface area contributed by atoms with E-state index in [1.54, 1.807) is 12.2 Å². The van der Waals surface area contributed by atoms with Crippen LogP contribution in [-0.4, -0.2) is 15.8 Å². The number of aromatic nitrogens is 1. The van der Waals surface area contributed by atoms with E-state index >= 15 is 0 Å². The molecule has 74 valence electrons. The largest absolute Gasteiger partial charge is 0.306 e. The third-order valence-corrected chi connectivity index (χ3v) is 2.06. The highest BCUT2D eigenvalue weighted by atomic mass is 35.5. The summed E-state index contributed by atoms with van der Waals surface area (Å²) in [6, 6.07) is 0. The molecule has 0 aliphatic carbocycles. The molecule has 0 saturated heterocycles. The van der Waals surface area contributed by atoms with Crippen molar-refractivity contribution in [1.29, 1.82) is 0 Å². The van der Waals surface area contributed by atoms with Gasteiger partial charge in [-0.1, -0.05) is 23.8 Å². The number of allylic oxidation sites excluding steroid dienone is 1. The van der Waals surface area contributed by atoms with E-state index in [0.29, 0.717) is 11.4 Å². The van der Waals surface area contributed by atoms with Gasteiger partial charge in [0.1, 0.15) is 11.2 Å². The van der Waals surface area contributed by atoms with Crippen molar-refractivity contribution < 1.29 is 4.92 Å². The molecular weight excluding hydrogens is 227 g/mol. The van der Waals surface area contributed by atoms with E-state index < -0.39 is 4.92 Å². The van der Waals surface area contributed by atoms with Crippen LogP contribution in [0.5, 0.6) is 0 Å². The van der Waals surface area contributed by atoms with Crippen LogP contribution in [0.25, 0.3) is 6.08 Å². The third-order valence-electron chi connectivity index (χ3n) is 1.47. The van der Waals surface area contributed by atoms with E-state index in [-0.39, 0.29) is 10.7 Å². The molecule has 0 fully saturated rings. The maximum Gasteiger partial charge on any atom is 0.306 e. The molecule has 1 heterocycles. The fraction of sp³-hybridized carbons (Fsp3) is 0.125. The van der Waals surface area contributed by atoms with Crippen LogP contribution in [-0.2, 0) is 0 Å². The number of hydrogen-bond acceptors (Lipinski definition) is 3. The smallest absolute Gasteiger partial charge is 0.258 e. The van der Waals surface area contributed by atoms with E-state index in [0.717, 1.165) is 6.20 Å². The van der Waals surface area contributed by atoms with Gasteiger partial charge in [0.2, 0.25) is 0 Å². The summed E-state index contributed by atoms with van der Waals surface area (Å²) in [5.74, 6) is 0.318. The Labute approximate surface area is 90.3 Å². The predicted octanol–water partition coefficient (Wildman–Crippen LogP) is 2.90. The molecule has 0 radical (unpaired) electrons. The number of nitro groups is 1. The maximum atomic E-state index is 10.5. The highest BCUT2D eigenvalue weighted by Crippen LogP contribution is 2.27. The molecule has 0 N–H and O–H groups in total. The van der Waals surface area contributed by atoms with Crippen LogP contribution in [0.3, 0.4) is 0 Å². The van der Waals surface area contributed by atoms with Gasteiger partial charge < -0.3 is 0 Å². The topological polar surface area (TPSA) is 56.0 Å². The van der Waals surface area contributed by atoms with Crippen molar-refractivity contribution in [2.24, 2.45) is 0 Å². The van der Waals surface area contributed by atoms with Crippen LogP contribution in [0.1, 0.15) is 5.56 Å². The fourth-order valence-corrected chi connectivity index (χ4v) is 1.18. The van der Waals surface area contributed by atoms with Crippen LogP contribution in [0.15, 0.2) is 18.5 Å². The summed E-state index contributed by atoms with van der Waals surface area (Å²) in [5, 5.41) is 10.6. The highest BCUT2D eigenvalue weighted by molar-refractivity contribution is 6.34. The Morgan fingerprint density at radius 3 is 2.86 bits per heavy atom. The molecule has 0 atom stereocenters. The van der Waals surface area contributed by atoms with Crippen molar-refractivity contribution in [3.8, 4) is 0 Å². The molecule has 4 nitrogen and oxygen atoms in total. The van der Waals surface area contributed by atoms with E-state index in [2.05, 4.69) is 4.98 Å². The van der Waals surface area contributed by atoms with Crippen molar-refractivity contribution in [2.75, 3.05) is 5.88 Å². The zero-order chi connectivity index (χ0) is 10.6. The van der Waals surface area contributed by atoms with Gasteiger partial charge in [-0.15, -0.1) is 11.6 Å². The lowest BCUT2D eigenvalue weighted by atomic mass is 10.2. The number of alkyl halides is 1. The maximum absolute atomic E-state index is 10.5. The Balaban J connectivity index is 3.14. The van der Waals surface area contributed by atoms with E-state index in [1.165, 1.54) is 6.20 Å². The molecule has 0 saturated carbocycles. The van der Waals surface area contributed by atoms with Crippen molar-refractivity contribution in [2.45, 2.75) is 0 Å². The lowest BCUT2D eigenvalue weighted by Gasteiger charge is -1.97. The molecule has 1 aromatic rings. The molecule has 6 heteroatoms. The number of halogens is 2. The minimum atomic E-state index is -0.576. The normalized spacial score (nSPS) is 10.7. The zero-order valence-corrected chi connectivity index (χ0v) is 8.50. The first-order valence-electron chi connectivity index (χ1n) is 3.67. The number of nitrogens with zero attached hydrogens (tertiary/aromatic N) is 2. The summed E-state index contributed by atoms with van der Waals surface area (Å²) >= 11 is 11.2. The molecule has 0 spiro atoms. The van der Waals surface area contributed by atoms with Crippen molar-refractivity contribution in [3.63, 3.8) is 0 Å². The predicted molar refractivity (Wildman–Crippen MR) is 55.7 cm³/mol. The number of hydrogen-bond donors (Lipinski definition) is 0. The Morgan fingerprint density at radius 1 is 1.57 bits per heavy atom. The van der Waals surface area contributed by atoms with Crippen LogP contribution in [0.4, 0.5) is 5.69 Å². The van der Waals surface area contributed by atoms with Gasteiger partial charge in [-0.2, -0.15) is 0 Å². The number of rotatable bonds is 3. The second-order valence-electron chi connectivity index (χ2n) is 2.38. The molecule has 1 rings (SSSR count). The Kier molecular flexibility index (Phi) is 3.85. The first-order valence-corrected chi connectivity index (χ1v) is 4.58. The van der Waals surface area contributed by atoms with Crippen molar-refractivity contribution in [1.82, 2.24) is 4.98 Å². The van der Waals surface area contributed by atoms with E-state index in [4.69, 9.17) is 23.2 Å². The van der Waals surface area contributed by atoms with Crippen LogP contribution >= 0.6 is 23.2 Å². The van der Waals surface area contributed by atoms with Crippen LogP contribution < -0.4 is 0 Å². The quantitative estimate of drug-likeness (QED) is 0.458. The molecule has 0 aromatic carbocycles. The Bertz CT molecular complexity index is 380. The molecule has 0 aliphatic rings. The average molecular weight is 233 g/mol. The summed E-state index contributed by atoms with van der Waals surface area (Å²) in [7, 11) is 0. The molecule has 14 heavy (non-hydrogen) atoms. The first-order chi connectivity index (χ1) is 6.66. The Hall–Kier alpha value is -1.13. The van der Waals surface area contributed by atoms with Crippen molar-refractivity contribution >= 4 is 35.0 Å². The van der Waals surface area contributed by atoms with Gasteiger partial charge in [-0.3, -0.25) is 15.1 Å². The minimum Gasteiger partial charge on any atom is -0.258 e. The second kappa shape index (κ2) is 4.93. The third kappa shape index (κ3) is 2.43. The van der Waals surface area contributed by atoms with Gasteiger partial charge in [-0.25, -0.2) is 0 Å². The molecule has 0 aliphatic heterocycles. The zero-order valence-electron chi connectivity index (χ0n) is 6.98. The van der Waals surface area contributed by atoms with Gasteiger partial charge in [-0.05, 0) is 0 Å². The SMILES string of the molecule is O=[N+]([O-])c1cncc(C=CCCl)c1Cl. The standard InChI is InChI=1S/C8H6Cl2N2O2/c9-3-1-2-6-4-11-5-7(8(6)10)12(13)14/h1-2,4-5H,3H2. The Morgan fingerprint density at radius 2 is 2.29 bits per heavy atom. The van der Waals surface area contributed by atoms with Crippen LogP contribution in [0, 0.1) is 10.1 Å². The summed E-state index contributed by atoms with van der Waals surface area (Å²) in [5.41, 5.74) is 0.282. The molecular formula is C8H6Cl2N2O2. The van der Waals surface area contributed by atoms with Gasteiger partial charge in [0.15, 0.2) is 0 Å². The molecule has 0 unspecified atom stereocenters.